The number of thiazole rings is 1. The highest BCUT2D eigenvalue weighted by atomic mass is 32.2. The van der Waals surface area contributed by atoms with Gasteiger partial charge in [-0.05, 0) is 12.5 Å². The van der Waals surface area contributed by atoms with Crippen LogP contribution in [-0.2, 0) is 17.8 Å². The number of unbranched alkanes of at least 4 members (excludes halogenated alkanes) is 1. The number of rotatable bonds is 6. The molecule has 0 aliphatic carbocycles. The van der Waals surface area contributed by atoms with Crippen LogP contribution >= 0.6 is 22.7 Å². The molecular formula is C19H22N5OS3+. The van der Waals surface area contributed by atoms with Crippen molar-refractivity contribution in [2.24, 2.45) is 7.05 Å². The largest absolute Gasteiger partial charge is 0.396 e. The third kappa shape index (κ3) is 3.27. The summed E-state index contributed by atoms with van der Waals surface area (Å²) in [7, 11) is 0.887. The smallest absolute Gasteiger partial charge is 0.242 e. The summed E-state index contributed by atoms with van der Waals surface area (Å²) in [6.07, 6.45) is 5.62. The number of nitrogen functional groups attached to an aromatic ring is 1. The molecule has 4 rings (SSSR count). The van der Waals surface area contributed by atoms with Gasteiger partial charge in [0, 0.05) is 35.2 Å². The van der Waals surface area contributed by atoms with Gasteiger partial charge in [0.15, 0.2) is 5.69 Å². The molecule has 1 unspecified atom stereocenters. The van der Waals surface area contributed by atoms with Crippen LogP contribution in [0.5, 0.6) is 0 Å². The Balaban J connectivity index is 1.98. The van der Waals surface area contributed by atoms with E-state index in [1.807, 2.05) is 29.4 Å². The van der Waals surface area contributed by atoms with Crippen molar-refractivity contribution in [2.75, 3.05) is 11.5 Å². The maximum absolute atomic E-state index is 12.8. The number of nitrogens with one attached hydrogen (secondary N) is 1. The Morgan fingerprint density at radius 2 is 2.21 bits per heavy atom. The molecule has 4 heterocycles. The lowest BCUT2D eigenvalue weighted by Crippen LogP contribution is -2.27. The summed E-state index contributed by atoms with van der Waals surface area (Å²) in [5.41, 5.74) is 11.0. The second-order valence-electron chi connectivity index (χ2n) is 6.62. The van der Waals surface area contributed by atoms with Gasteiger partial charge in [-0.25, -0.2) is 19.5 Å². The first-order valence-corrected chi connectivity index (χ1v) is 12.1. The normalized spacial score (nSPS) is 12.7. The van der Waals surface area contributed by atoms with Gasteiger partial charge in [0.25, 0.3) is 0 Å². The number of H-pyrrole nitrogens is 1. The zero-order chi connectivity index (χ0) is 19.8. The molecular weight excluding hydrogens is 410 g/mol. The molecule has 0 amide bonds. The second kappa shape index (κ2) is 7.73. The molecule has 0 aliphatic rings. The minimum Gasteiger partial charge on any atom is -0.396 e. The lowest BCUT2D eigenvalue weighted by molar-refractivity contribution is -0.675. The van der Waals surface area contributed by atoms with Crippen LogP contribution in [-0.4, -0.2) is 24.9 Å². The quantitative estimate of drug-likeness (QED) is 0.450. The molecule has 4 aromatic rings. The van der Waals surface area contributed by atoms with E-state index >= 15 is 0 Å². The van der Waals surface area contributed by atoms with Crippen LogP contribution in [0, 0.1) is 6.92 Å². The number of hydrogen-bond acceptors (Lipinski definition) is 6. The van der Waals surface area contributed by atoms with Crippen molar-refractivity contribution in [3.8, 4) is 22.0 Å². The van der Waals surface area contributed by atoms with Crippen molar-refractivity contribution >= 4 is 49.4 Å². The van der Waals surface area contributed by atoms with Crippen molar-refractivity contribution in [1.82, 2.24) is 15.0 Å². The molecule has 0 spiro atoms. The molecule has 4 aromatic heterocycles. The topological polar surface area (TPSA) is 88.5 Å². The molecule has 146 valence electrons. The third-order valence-corrected chi connectivity index (χ3v) is 8.56. The highest BCUT2D eigenvalue weighted by Gasteiger charge is 2.24. The summed E-state index contributed by atoms with van der Waals surface area (Å²) in [5.74, 6) is 0.624. The number of aromatic nitrogens is 4. The SMILES string of the molecule is CCCCS(=O)c1sc2nc(-c3nccs3)cc(-c3[nH]c[n+](C)c3C)c2c1N. The van der Waals surface area contributed by atoms with E-state index in [0.717, 1.165) is 54.9 Å². The van der Waals surface area contributed by atoms with Gasteiger partial charge in [-0.15, -0.1) is 22.7 Å². The molecule has 28 heavy (non-hydrogen) atoms. The van der Waals surface area contributed by atoms with E-state index in [1.54, 1.807) is 17.5 Å². The fraction of sp³-hybridized carbons (Fsp3) is 0.316. The minimum atomic E-state index is -1.11. The molecule has 9 heteroatoms. The van der Waals surface area contributed by atoms with Gasteiger partial charge in [-0.2, -0.15) is 0 Å². The lowest BCUT2D eigenvalue weighted by atomic mass is 10.1. The monoisotopic (exact) mass is 432 g/mol. The van der Waals surface area contributed by atoms with E-state index in [0.29, 0.717) is 11.4 Å². The van der Waals surface area contributed by atoms with Crippen LogP contribution in [0.2, 0.25) is 0 Å². The Labute approximate surface area is 173 Å². The summed E-state index contributed by atoms with van der Waals surface area (Å²) < 4.78 is 15.6. The van der Waals surface area contributed by atoms with Gasteiger partial charge in [-0.3, -0.25) is 4.21 Å². The van der Waals surface area contributed by atoms with E-state index in [-0.39, 0.29) is 0 Å². The van der Waals surface area contributed by atoms with Gasteiger partial charge < -0.3 is 5.73 Å². The first kappa shape index (κ1) is 19.2. The number of aromatic amines is 1. The Bertz CT molecular complexity index is 1160. The standard InChI is InChI=1S/C19H21N5OS3/c1-4-5-8-28(25)19-15(20)14-12(16-11(2)24(3)10-22-16)9-13(23-18(14)27-19)17-21-6-7-26-17/h6-7,9-10H,4-5,8,20H2,1-3H3/p+1. The maximum Gasteiger partial charge on any atom is 0.242 e. The van der Waals surface area contributed by atoms with E-state index in [9.17, 15) is 4.21 Å². The van der Waals surface area contributed by atoms with E-state index in [4.69, 9.17) is 10.7 Å². The van der Waals surface area contributed by atoms with Crippen LogP contribution < -0.4 is 10.3 Å². The number of aryl methyl sites for hydroxylation is 1. The summed E-state index contributed by atoms with van der Waals surface area (Å²) in [6, 6.07) is 2.03. The maximum atomic E-state index is 12.8. The number of anilines is 1. The number of pyridine rings is 1. The molecule has 6 nitrogen and oxygen atoms in total. The van der Waals surface area contributed by atoms with Gasteiger partial charge in [0.05, 0.1) is 23.5 Å². The molecule has 0 aromatic carbocycles. The summed E-state index contributed by atoms with van der Waals surface area (Å²) in [4.78, 5) is 13.4. The highest BCUT2D eigenvalue weighted by Crippen LogP contribution is 2.42. The van der Waals surface area contributed by atoms with Crippen molar-refractivity contribution in [1.29, 1.82) is 0 Å². The molecule has 0 saturated carbocycles. The third-order valence-electron chi connectivity index (χ3n) is 4.77. The highest BCUT2D eigenvalue weighted by molar-refractivity contribution is 7.87. The van der Waals surface area contributed by atoms with Crippen molar-refractivity contribution in [3.63, 3.8) is 0 Å². The molecule has 0 bridgehead atoms. The van der Waals surface area contributed by atoms with Crippen molar-refractivity contribution in [2.45, 2.75) is 30.9 Å². The molecule has 1 atom stereocenters. The van der Waals surface area contributed by atoms with Crippen molar-refractivity contribution in [3.05, 3.63) is 29.7 Å². The van der Waals surface area contributed by atoms with E-state index < -0.39 is 10.8 Å². The number of hydrogen-bond donors (Lipinski definition) is 2. The molecule has 3 N–H and O–H groups in total. The lowest BCUT2D eigenvalue weighted by Gasteiger charge is -2.05. The molecule has 0 saturated heterocycles. The minimum absolute atomic E-state index is 0.583. The Morgan fingerprint density at radius 1 is 1.39 bits per heavy atom. The average molecular weight is 433 g/mol. The van der Waals surface area contributed by atoms with Gasteiger partial charge in [-0.1, -0.05) is 13.3 Å². The van der Waals surface area contributed by atoms with E-state index in [1.165, 1.54) is 11.3 Å². The number of fused-ring (bicyclic) bond motifs is 1. The number of imidazole rings is 1. The van der Waals surface area contributed by atoms with Gasteiger partial charge in [0.2, 0.25) is 6.33 Å². The number of nitrogens with zero attached hydrogens (tertiary/aromatic N) is 3. The van der Waals surface area contributed by atoms with Crippen LogP contribution in [0.4, 0.5) is 5.69 Å². The first-order chi connectivity index (χ1) is 13.5. The Kier molecular flexibility index (Phi) is 5.31. The van der Waals surface area contributed by atoms with E-state index in [2.05, 4.69) is 23.8 Å². The predicted molar refractivity (Wildman–Crippen MR) is 117 cm³/mol. The number of thiophene rings is 1. The summed E-state index contributed by atoms with van der Waals surface area (Å²) in [6.45, 7) is 4.16. The van der Waals surface area contributed by atoms with Crippen LogP contribution in [0.15, 0.2) is 28.2 Å². The van der Waals surface area contributed by atoms with Crippen LogP contribution in [0.25, 0.3) is 32.2 Å². The Morgan fingerprint density at radius 3 is 2.86 bits per heavy atom. The molecule has 0 aliphatic heterocycles. The zero-order valence-electron chi connectivity index (χ0n) is 16.0. The molecule has 0 fully saturated rings. The van der Waals surface area contributed by atoms with Gasteiger partial charge in [0.1, 0.15) is 25.4 Å². The second-order valence-corrected chi connectivity index (χ2v) is 10.3. The fourth-order valence-corrected chi connectivity index (χ4v) is 6.50. The van der Waals surface area contributed by atoms with Gasteiger partial charge >= 0.3 is 0 Å². The predicted octanol–water partition coefficient (Wildman–Crippen LogP) is 4.04. The summed E-state index contributed by atoms with van der Waals surface area (Å²) >= 11 is 2.99. The van der Waals surface area contributed by atoms with Crippen LogP contribution in [0.3, 0.4) is 0 Å². The number of nitrogens with two attached hydrogens (primary N) is 1. The zero-order valence-corrected chi connectivity index (χ0v) is 18.4. The first-order valence-electron chi connectivity index (χ1n) is 9.06. The van der Waals surface area contributed by atoms with Crippen molar-refractivity contribution < 1.29 is 8.78 Å². The molecule has 0 radical (unpaired) electrons. The fourth-order valence-electron chi connectivity index (χ4n) is 3.11. The average Bonchev–Trinajstić information content (AvgIpc) is 3.41. The van der Waals surface area contributed by atoms with Crippen LogP contribution in [0.1, 0.15) is 25.5 Å². The summed E-state index contributed by atoms with van der Waals surface area (Å²) in [5, 5.41) is 3.67. The Hall–Kier alpha value is -2.10.